The van der Waals surface area contributed by atoms with Crippen molar-refractivity contribution >= 4 is 11.0 Å². The van der Waals surface area contributed by atoms with Gasteiger partial charge in [0.15, 0.2) is 0 Å². The third-order valence-corrected chi connectivity index (χ3v) is 5.16. The zero-order valence-corrected chi connectivity index (χ0v) is 17.6. The second-order valence-corrected chi connectivity index (χ2v) is 7.74. The Balaban J connectivity index is 1.38. The van der Waals surface area contributed by atoms with Crippen molar-refractivity contribution in [1.82, 2.24) is 4.90 Å². The molecule has 3 aromatic carbocycles. The second-order valence-electron chi connectivity index (χ2n) is 7.74. The highest BCUT2D eigenvalue weighted by Crippen LogP contribution is 2.29. The second kappa shape index (κ2) is 9.75. The molecule has 0 saturated carbocycles. The number of hydrogen-bond donors (Lipinski definition) is 0. The minimum Gasteiger partial charge on any atom is -0.489 e. The lowest BCUT2D eigenvalue weighted by molar-refractivity contribution is 0.152. The molecule has 0 amide bonds. The molecular weight excluding hydrogens is 412 g/mol. The summed E-state index contributed by atoms with van der Waals surface area (Å²) in [5, 5.41) is 0.205. The van der Waals surface area contributed by atoms with Gasteiger partial charge < -0.3 is 9.15 Å². The molecule has 0 aliphatic rings. The summed E-state index contributed by atoms with van der Waals surface area (Å²) in [6, 6.07) is 23.8. The molecule has 0 saturated heterocycles. The molecule has 0 radical (unpaired) electrons. The Labute approximate surface area is 184 Å². The molecule has 0 N–H and O–H groups in total. The highest BCUT2D eigenvalue weighted by atomic mass is 19.3. The van der Waals surface area contributed by atoms with E-state index in [4.69, 9.17) is 9.15 Å². The fourth-order valence-electron chi connectivity index (χ4n) is 3.61. The van der Waals surface area contributed by atoms with E-state index in [1.807, 2.05) is 30.3 Å². The van der Waals surface area contributed by atoms with Crippen molar-refractivity contribution in [3.63, 3.8) is 0 Å². The van der Waals surface area contributed by atoms with E-state index < -0.39 is 12.1 Å². The number of nitrogens with zero attached hydrogens (tertiary/aromatic N) is 1. The molecule has 6 heteroatoms. The first-order valence-corrected chi connectivity index (χ1v) is 10.3. The molecule has 0 aliphatic heterocycles. The van der Waals surface area contributed by atoms with Gasteiger partial charge in [-0.15, -0.1) is 0 Å². The van der Waals surface area contributed by atoms with Crippen LogP contribution >= 0.6 is 0 Å². The molecule has 0 unspecified atom stereocenters. The Morgan fingerprint density at radius 1 is 0.875 bits per heavy atom. The smallest absolute Gasteiger partial charge is 0.336 e. The summed E-state index contributed by atoms with van der Waals surface area (Å²) in [6.45, 7) is 2.01. The van der Waals surface area contributed by atoms with Gasteiger partial charge in [-0.2, -0.15) is 0 Å². The van der Waals surface area contributed by atoms with Crippen molar-refractivity contribution < 1.29 is 17.9 Å². The third-order valence-electron chi connectivity index (χ3n) is 5.16. The van der Waals surface area contributed by atoms with Crippen LogP contribution in [0.3, 0.4) is 0 Å². The summed E-state index contributed by atoms with van der Waals surface area (Å²) < 4.78 is 37.2. The predicted octanol–water partition coefficient (Wildman–Crippen LogP) is 5.94. The molecule has 164 valence electrons. The first kappa shape index (κ1) is 21.7. The minimum atomic E-state index is -2.75. The van der Waals surface area contributed by atoms with Gasteiger partial charge in [-0.3, -0.25) is 4.90 Å². The van der Waals surface area contributed by atoms with Gasteiger partial charge in [0.1, 0.15) is 17.9 Å². The lowest BCUT2D eigenvalue weighted by Gasteiger charge is -2.17. The number of fused-ring (bicyclic) bond motifs is 1. The molecule has 4 aromatic rings. The lowest BCUT2D eigenvalue weighted by Crippen LogP contribution is -2.17. The quantitative estimate of drug-likeness (QED) is 0.321. The van der Waals surface area contributed by atoms with Gasteiger partial charge in [-0.05, 0) is 35.9 Å². The van der Waals surface area contributed by atoms with Gasteiger partial charge in [0, 0.05) is 36.2 Å². The highest BCUT2D eigenvalue weighted by molar-refractivity contribution is 5.81. The summed E-state index contributed by atoms with van der Waals surface area (Å²) in [5.74, 6) is 0.443. The van der Waals surface area contributed by atoms with Crippen molar-refractivity contribution in [2.24, 2.45) is 0 Å². The first-order chi connectivity index (χ1) is 15.5. The number of rotatable bonds is 8. The molecule has 4 rings (SSSR count). The fraction of sp³-hybridized carbons (Fsp3) is 0.192. The Kier molecular flexibility index (Phi) is 6.61. The van der Waals surface area contributed by atoms with E-state index in [0.717, 1.165) is 24.7 Å². The van der Waals surface area contributed by atoms with Gasteiger partial charge in [0.25, 0.3) is 6.43 Å². The van der Waals surface area contributed by atoms with Crippen molar-refractivity contribution in [2.45, 2.75) is 26.1 Å². The molecule has 1 aromatic heterocycles. The van der Waals surface area contributed by atoms with E-state index in [0.29, 0.717) is 12.4 Å². The highest BCUT2D eigenvalue weighted by Gasteiger charge is 2.15. The number of ether oxygens (including phenoxy) is 1. The minimum absolute atomic E-state index is 0.0853. The van der Waals surface area contributed by atoms with Crippen molar-refractivity contribution in [3.05, 3.63) is 112 Å². The zero-order chi connectivity index (χ0) is 22.5. The summed E-state index contributed by atoms with van der Waals surface area (Å²) in [7, 11) is 2.08. The van der Waals surface area contributed by atoms with E-state index in [1.165, 1.54) is 23.3 Å². The predicted molar refractivity (Wildman–Crippen MR) is 120 cm³/mol. The van der Waals surface area contributed by atoms with Crippen molar-refractivity contribution in [2.75, 3.05) is 7.05 Å². The van der Waals surface area contributed by atoms with E-state index >= 15 is 0 Å². The number of hydrogen-bond acceptors (Lipinski definition) is 4. The third kappa shape index (κ3) is 5.39. The average Bonchev–Trinajstić information content (AvgIpc) is 2.78. The normalized spacial score (nSPS) is 11.4. The van der Waals surface area contributed by atoms with E-state index in [1.54, 1.807) is 6.07 Å². The lowest BCUT2D eigenvalue weighted by atomic mass is 10.1. The molecule has 32 heavy (non-hydrogen) atoms. The van der Waals surface area contributed by atoms with Crippen molar-refractivity contribution in [3.8, 4) is 5.75 Å². The van der Waals surface area contributed by atoms with Gasteiger partial charge in [-0.25, -0.2) is 13.6 Å². The largest absolute Gasteiger partial charge is 0.489 e. The van der Waals surface area contributed by atoms with Gasteiger partial charge in [0.2, 0.25) is 0 Å². The maximum Gasteiger partial charge on any atom is 0.336 e. The van der Waals surface area contributed by atoms with Crippen LogP contribution in [0.2, 0.25) is 0 Å². The summed E-state index contributed by atoms with van der Waals surface area (Å²) in [6.07, 6.45) is -2.75. The van der Waals surface area contributed by atoms with Gasteiger partial charge in [0.05, 0.1) is 0 Å². The maximum atomic E-state index is 13.2. The van der Waals surface area contributed by atoms with Gasteiger partial charge in [-0.1, -0.05) is 54.6 Å². The van der Waals surface area contributed by atoms with Crippen LogP contribution in [-0.2, 0) is 19.7 Å². The SMILES string of the molecule is CN(Cc1ccccc1)Cc1ccc(COc2ccc3c(C(F)F)cc(=O)oc3c2)cc1. The molecule has 0 atom stereocenters. The van der Waals surface area contributed by atoms with Crippen LogP contribution in [0.5, 0.6) is 5.75 Å². The Hall–Kier alpha value is -3.51. The van der Waals surface area contributed by atoms with Gasteiger partial charge >= 0.3 is 5.63 Å². The average molecular weight is 435 g/mol. The van der Waals surface area contributed by atoms with E-state index in [2.05, 4.69) is 36.2 Å². The Bertz CT molecular complexity index is 1240. The summed E-state index contributed by atoms with van der Waals surface area (Å²) in [4.78, 5) is 13.8. The summed E-state index contributed by atoms with van der Waals surface area (Å²) in [5.41, 5.74) is 2.38. The Morgan fingerprint density at radius 2 is 1.53 bits per heavy atom. The molecule has 0 bridgehead atoms. The van der Waals surface area contributed by atoms with Crippen LogP contribution in [0.4, 0.5) is 8.78 Å². The Morgan fingerprint density at radius 3 is 2.22 bits per heavy atom. The van der Waals surface area contributed by atoms with Crippen LogP contribution < -0.4 is 10.4 Å². The first-order valence-electron chi connectivity index (χ1n) is 10.3. The topological polar surface area (TPSA) is 42.7 Å². The molecule has 1 heterocycles. The van der Waals surface area contributed by atoms with E-state index in [-0.39, 0.29) is 16.5 Å². The maximum absolute atomic E-state index is 13.2. The van der Waals surface area contributed by atoms with Crippen molar-refractivity contribution in [1.29, 1.82) is 0 Å². The molecule has 0 spiro atoms. The van der Waals surface area contributed by atoms with Crippen LogP contribution in [0.1, 0.15) is 28.7 Å². The fourth-order valence-corrected chi connectivity index (χ4v) is 3.61. The van der Waals surface area contributed by atoms with Crippen LogP contribution in [0.25, 0.3) is 11.0 Å². The molecule has 0 fully saturated rings. The van der Waals surface area contributed by atoms with E-state index in [9.17, 15) is 13.6 Å². The number of benzene rings is 3. The standard InChI is InChI=1S/C26H23F2NO3/c1-29(15-18-5-3-2-4-6-18)16-19-7-9-20(10-8-19)17-31-21-11-12-22-23(26(27)28)14-25(30)32-24(22)13-21/h2-14,26H,15-17H2,1H3. The van der Waals surface area contributed by atoms with Crippen LogP contribution in [0.15, 0.2) is 88.1 Å². The molecule has 4 nitrogen and oxygen atoms in total. The summed E-state index contributed by atoms with van der Waals surface area (Å²) >= 11 is 0. The monoisotopic (exact) mass is 435 g/mol. The zero-order valence-electron chi connectivity index (χ0n) is 17.6. The van der Waals surface area contributed by atoms with Crippen LogP contribution in [0, 0.1) is 0 Å². The number of halogens is 2. The molecule has 0 aliphatic carbocycles. The van der Waals surface area contributed by atoms with Crippen LogP contribution in [-0.4, -0.2) is 11.9 Å². The molecular formula is C26H23F2NO3. The number of alkyl halides is 2.